The predicted molar refractivity (Wildman–Crippen MR) is 230 cm³/mol. The minimum Gasteiger partial charge on any atom is -0.309 e. The third-order valence-corrected chi connectivity index (χ3v) is 14.2. The summed E-state index contributed by atoms with van der Waals surface area (Å²) in [6, 6.07) is 70.2. The summed E-state index contributed by atoms with van der Waals surface area (Å²) < 4.78 is 20.8. The van der Waals surface area contributed by atoms with Gasteiger partial charge < -0.3 is 13.7 Å². The fourth-order valence-electron chi connectivity index (χ4n) is 8.62. The van der Waals surface area contributed by atoms with Crippen molar-refractivity contribution < 1.29 is 4.57 Å². The molecule has 0 aliphatic heterocycles. The molecular formula is C50H33N2OP. The molecule has 2 heterocycles. The summed E-state index contributed by atoms with van der Waals surface area (Å²) in [6.45, 7) is 0. The van der Waals surface area contributed by atoms with E-state index in [9.17, 15) is 0 Å². The van der Waals surface area contributed by atoms with Gasteiger partial charge in [0.25, 0.3) is 0 Å². The van der Waals surface area contributed by atoms with Crippen LogP contribution >= 0.6 is 7.14 Å². The van der Waals surface area contributed by atoms with Crippen molar-refractivity contribution in [1.29, 1.82) is 0 Å². The monoisotopic (exact) mass is 708 g/mol. The first-order valence-corrected chi connectivity index (χ1v) is 20.1. The maximum atomic E-state index is 16.0. The second kappa shape index (κ2) is 11.9. The second-order valence-corrected chi connectivity index (χ2v) is 16.9. The van der Waals surface area contributed by atoms with Gasteiger partial charge in [-0.1, -0.05) is 140 Å². The van der Waals surface area contributed by atoms with Crippen LogP contribution in [0.4, 0.5) is 0 Å². The molecule has 0 radical (unpaired) electrons. The molecule has 0 atom stereocenters. The summed E-state index contributed by atoms with van der Waals surface area (Å²) in [5.41, 5.74) is 6.75. The molecule has 11 rings (SSSR count). The Labute approximate surface area is 312 Å². The molecule has 0 unspecified atom stereocenters. The number of benzene rings is 9. The number of hydrogen-bond donors (Lipinski definition) is 0. The largest absolute Gasteiger partial charge is 0.309 e. The third kappa shape index (κ3) is 4.52. The van der Waals surface area contributed by atoms with Gasteiger partial charge in [0.15, 0.2) is 7.14 Å². The van der Waals surface area contributed by atoms with Crippen LogP contribution in [0, 0.1) is 0 Å². The topological polar surface area (TPSA) is 26.9 Å². The summed E-state index contributed by atoms with van der Waals surface area (Å²) in [6.07, 6.45) is 0. The minimum absolute atomic E-state index is 0.807. The minimum atomic E-state index is -3.30. The van der Waals surface area contributed by atoms with E-state index in [2.05, 4.69) is 185 Å². The van der Waals surface area contributed by atoms with Crippen LogP contribution in [-0.2, 0) is 4.57 Å². The standard InChI is InChI=1S/C50H33N2OP/c53-54(41-26-22-34-12-4-6-14-36(34)32-41,42-27-23-35-13-5-7-15-37(35)33-42)40-28-24-39(25-29-40)52-48-21-11-9-19-44(48)46-31-30-45-43-18-8-10-20-47(43)51(49(45)50(46)52)38-16-2-1-3-17-38/h1-33H. The SMILES string of the molecule is O=P(c1ccc(-n2c3ccccc3c3ccc4c5ccccc5n(-c5ccccc5)c4c32)cc1)(c1ccc2ccccc2c1)c1ccc2ccccc2c1. The van der Waals surface area contributed by atoms with Crippen molar-refractivity contribution in [1.82, 2.24) is 9.13 Å². The third-order valence-electron chi connectivity index (χ3n) is 11.1. The number of para-hydroxylation sites is 3. The molecule has 0 aliphatic rings. The molecule has 4 heteroatoms. The summed E-state index contributed by atoms with van der Waals surface area (Å²) >= 11 is 0. The number of nitrogens with zero attached hydrogens (tertiary/aromatic N) is 2. The van der Waals surface area contributed by atoms with Crippen LogP contribution in [0.25, 0.3) is 76.5 Å². The van der Waals surface area contributed by atoms with E-state index in [-0.39, 0.29) is 0 Å². The van der Waals surface area contributed by atoms with Crippen LogP contribution < -0.4 is 15.9 Å². The molecule has 11 aromatic rings. The molecule has 9 aromatic carbocycles. The average molecular weight is 709 g/mol. The Balaban J connectivity index is 1.18. The van der Waals surface area contributed by atoms with E-state index in [1.165, 1.54) is 27.1 Å². The van der Waals surface area contributed by atoms with Gasteiger partial charge in [-0.05, 0) is 82.2 Å². The van der Waals surface area contributed by atoms with E-state index in [4.69, 9.17) is 0 Å². The Morgan fingerprint density at radius 1 is 0.315 bits per heavy atom. The maximum Gasteiger partial charge on any atom is 0.171 e. The molecule has 0 spiro atoms. The first-order chi connectivity index (χ1) is 26.7. The first kappa shape index (κ1) is 30.9. The van der Waals surface area contributed by atoms with Gasteiger partial charge in [0.2, 0.25) is 0 Å². The summed E-state index contributed by atoms with van der Waals surface area (Å²) in [4.78, 5) is 0. The molecule has 0 bridgehead atoms. The number of fused-ring (bicyclic) bond motifs is 9. The number of rotatable bonds is 5. The Morgan fingerprint density at radius 2 is 0.722 bits per heavy atom. The van der Waals surface area contributed by atoms with E-state index in [1.807, 2.05) is 24.3 Å². The average Bonchev–Trinajstić information content (AvgIpc) is 3.76. The van der Waals surface area contributed by atoms with Crippen LogP contribution in [0.5, 0.6) is 0 Å². The van der Waals surface area contributed by atoms with Crippen LogP contribution in [0.2, 0.25) is 0 Å². The Morgan fingerprint density at radius 3 is 1.24 bits per heavy atom. The van der Waals surface area contributed by atoms with Crippen molar-refractivity contribution in [3.63, 3.8) is 0 Å². The molecule has 0 aliphatic carbocycles. The van der Waals surface area contributed by atoms with Gasteiger partial charge in [-0.25, -0.2) is 0 Å². The van der Waals surface area contributed by atoms with Crippen molar-refractivity contribution in [3.8, 4) is 11.4 Å². The fraction of sp³-hybridized carbons (Fsp3) is 0. The van der Waals surface area contributed by atoms with Gasteiger partial charge >= 0.3 is 0 Å². The van der Waals surface area contributed by atoms with E-state index < -0.39 is 7.14 Å². The second-order valence-electron chi connectivity index (χ2n) is 14.1. The van der Waals surface area contributed by atoms with Crippen molar-refractivity contribution in [2.75, 3.05) is 0 Å². The number of aromatic nitrogens is 2. The van der Waals surface area contributed by atoms with Gasteiger partial charge in [0.05, 0.1) is 22.1 Å². The quantitative estimate of drug-likeness (QED) is 0.164. The lowest BCUT2D eigenvalue weighted by molar-refractivity contribution is 0.592. The van der Waals surface area contributed by atoms with Gasteiger partial charge in [-0.3, -0.25) is 0 Å². The highest BCUT2D eigenvalue weighted by Crippen LogP contribution is 2.45. The highest BCUT2D eigenvalue weighted by molar-refractivity contribution is 7.85. The first-order valence-electron chi connectivity index (χ1n) is 18.4. The Bertz CT molecular complexity index is 3220. The van der Waals surface area contributed by atoms with E-state index >= 15 is 4.57 Å². The normalized spacial score (nSPS) is 12.1. The van der Waals surface area contributed by atoms with Crippen molar-refractivity contribution in [2.24, 2.45) is 0 Å². The van der Waals surface area contributed by atoms with Gasteiger partial charge in [0, 0.05) is 48.8 Å². The van der Waals surface area contributed by atoms with Crippen LogP contribution in [-0.4, -0.2) is 9.13 Å². The highest BCUT2D eigenvalue weighted by atomic mass is 31.2. The van der Waals surface area contributed by atoms with Crippen molar-refractivity contribution >= 4 is 88.2 Å². The van der Waals surface area contributed by atoms with Crippen molar-refractivity contribution in [3.05, 3.63) is 200 Å². The molecular weight excluding hydrogens is 676 g/mol. The van der Waals surface area contributed by atoms with E-state index in [0.29, 0.717) is 0 Å². The summed E-state index contributed by atoms with van der Waals surface area (Å²) in [5, 5.41) is 11.7. The molecule has 3 nitrogen and oxygen atoms in total. The maximum absolute atomic E-state index is 16.0. The molecule has 0 saturated carbocycles. The lowest BCUT2D eigenvalue weighted by Crippen LogP contribution is -2.25. The van der Waals surface area contributed by atoms with Gasteiger partial charge in [0.1, 0.15) is 0 Å². The molecule has 0 N–H and O–H groups in total. The molecule has 0 amide bonds. The number of hydrogen-bond acceptors (Lipinski definition) is 1. The molecule has 254 valence electrons. The lowest BCUT2D eigenvalue weighted by atomic mass is 10.1. The molecule has 0 fully saturated rings. The van der Waals surface area contributed by atoms with Gasteiger partial charge in [-0.15, -0.1) is 0 Å². The van der Waals surface area contributed by atoms with E-state index in [1.54, 1.807) is 0 Å². The zero-order valence-electron chi connectivity index (χ0n) is 29.3. The van der Waals surface area contributed by atoms with Crippen LogP contribution in [0.15, 0.2) is 200 Å². The summed E-state index contributed by atoms with van der Waals surface area (Å²) in [5.74, 6) is 0. The lowest BCUT2D eigenvalue weighted by Gasteiger charge is -2.22. The molecule has 54 heavy (non-hydrogen) atoms. The van der Waals surface area contributed by atoms with Crippen molar-refractivity contribution in [2.45, 2.75) is 0 Å². The zero-order valence-corrected chi connectivity index (χ0v) is 30.2. The summed E-state index contributed by atoms with van der Waals surface area (Å²) in [7, 11) is -3.30. The Kier molecular flexibility index (Phi) is 6.83. The predicted octanol–water partition coefficient (Wildman–Crippen LogP) is 11.8. The molecule has 0 saturated heterocycles. The van der Waals surface area contributed by atoms with Crippen LogP contribution in [0.3, 0.4) is 0 Å². The fourth-order valence-corrected chi connectivity index (χ4v) is 11.3. The van der Waals surface area contributed by atoms with E-state index in [0.717, 1.165) is 65.4 Å². The molecule has 2 aromatic heterocycles. The highest BCUT2D eigenvalue weighted by Gasteiger charge is 2.31. The van der Waals surface area contributed by atoms with Crippen LogP contribution in [0.1, 0.15) is 0 Å². The smallest absolute Gasteiger partial charge is 0.171 e. The zero-order chi connectivity index (χ0) is 35.8. The van der Waals surface area contributed by atoms with Gasteiger partial charge in [-0.2, -0.15) is 0 Å². The Hall–Kier alpha value is -6.67.